The second-order valence-electron chi connectivity index (χ2n) is 5.82. The minimum absolute atomic E-state index is 0.0163. The molecule has 0 spiro atoms. The number of hydrogen-bond donors (Lipinski definition) is 2. The lowest BCUT2D eigenvalue weighted by Gasteiger charge is -2.22. The van der Waals surface area contributed by atoms with Gasteiger partial charge in [-0.25, -0.2) is 0 Å². The van der Waals surface area contributed by atoms with Crippen LogP contribution < -0.4 is 20.1 Å². The van der Waals surface area contributed by atoms with Gasteiger partial charge >= 0.3 is 0 Å². The first-order chi connectivity index (χ1) is 9.87. The second-order valence-corrected chi connectivity index (χ2v) is 5.82. The fourth-order valence-corrected chi connectivity index (χ4v) is 1.76. The molecule has 0 aliphatic rings. The Morgan fingerprint density at radius 1 is 1.29 bits per heavy atom. The van der Waals surface area contributed by atoms with Gasteiger partial charge in [0.05, 0.1) is 20.1 Å². The van der Waals surface area contributed by atoms with Gasteiger partial charge < -0.3 is 20.1 Å². The fourth-order valence-electron chi connectivity index (χ4n) is 1.76. The van der Waals surface area contributed by atoms with Gasteiger partial charge in [-0.15, -0.1) is 0 Å². The molecule has 0 unspecified atom stereocenters. The van der Waals surface area contributed by atoms with E-state index in [9.17, 15) is 4.79 Å². The van der Waals surface area contributed by atoms with Crippen molar-refractivity contribution in [3.8, 4) is 11.5 Å². The van der Waals surface area contributed by atoms with Crippen molar-refractivity contribution in [1.29, 1.82) is 0 Å². The lowest BCUT2D eigenvalue weighted by Crippen LogP contribution is -2.35. The van der Waals surface area contributed by atoms with Crippen LogP contribution in [0, 0.1) is 0 Å². The normalized spacial score (nSPS) is 11.1. The van der Waals surface area contributed by atoms with Gasteiger partial charge in [-0.3, -0.25) is 4.79 Å². The first kappa shape index (κ1) is 17.3. The summed E-state index contributed by atoms with van der Waals surface area (Å²) in [5, 5.41) is 6.00. The molecule has 0 bridgehead atoms. The number of amides is 1. The van der Waals surface area contributed by atoms with Crippen molar-refractivity contribution >= 4 is 5.91 Å². The summed E-state index contributed by atoms with van der Waals surface area (Å²) in [6.45, 7) is 7.33. The van der Waals surface area contributed by atoms with Gasteiger partial charge in [0, 0.05) is 24.7 Å². The van der Waals surface area contributed by atoms with Crippen molar-refractivity contribution < 1.29 is 14.3 Å². The summed E-state index contributed by atoms with van der Waals surface area (Å²) in [7, 11) is 3.23. The molecule has 0 aliphatic heterocycles. The molecule has 0 heterocycles. The predicted molar refractivity (Wildman–Crippen MR) is 83.8 cm³/mol. The van der Waals surface area contributed by atoms with E-state index in [1.54, 1.807) is 14.2 Å². The Morgan fingerprint density at radius 3 is 2.57 bits per heavy atom. The van der Waals surface area contributed by atoms with Crippen LogP contribution in [0.3, 0.4) is 0 Å². The molecule has 0 aromatic heterocycles. The number of ether oxygens (including phenoxy) is 2. The SMILES string of the molecule is CNC(=O)CCOc1c(CNC(C)(C)C)cccc1OC. The molecule has 0 radical (unpaired) electrons. The first-order valence-corrected chi connectivity index (χ1v) is 7.11. The summed E-state index contributed by atoms with van der Waals surface area (Å²) >= 11 is 0. The average molecular weight is 294 g/mol. The number of rotatable bonds is 7. The van der Waals surface area contributed by atoms with E-state index in [-0.39, 0.29) is 11.4 Å². The van der Waals surface area contributed by atoms with Crippen LogP contribution in [0.5, 0.6) is 11.5 Å². The molecule has 0 atom stereocenters. The molecule has 5 nitrogen and oxygen atoms in total. The summed E-state index contributed by atoms with van der Waals surface area (Å²) < 4.78 is 11.1. The predicted octanol–water partition coefficient (Wildman–Crippen LogP) is 2.10. The molecule has 0 saturated carbocycles. The topological polar surface area (TPSA) is 59.6 Å². The number of hydrogen-bond acceptors (Lipinski definition) is 4. The van der Waals surface area contributed by atoms with E-state index >= 15 is 0 Å². The molecular formula is C16H26N2O3. The van der Waals surface area contributed by atoms with Gasteiger partial charge in [-0.1, -0.05) is 12.1 Å². The van der Waals surface area contributed by atoms with E-state index in [0.29, 0.717) is 31.1 Å². The van der Waals surface area contributed by atoms with Gasteiger partial charge in [0.2, 0.25) is 5.91 Å². The van der Waals surface area contributed by atoms with Gasteiger partial charge in [-0.2, -0.15) is 0 Å². The van der Waals surface area contributed by atoms with Crippen LogP contribution in [0.15, 0.2) is 18.2 Å². The van der Waals surface area contributed by atoms with Gasteiger partial charge in [0.1, 0.15) is 0 Å². The van der Waals surface area contributed by atoms with E-state index in [4.69, 9.17) is 9.47 Å². The summed E-state index contributed by atoms with van der Waals surface area (Å²) in [6.07, 6.45) is 0.320. The highest BCUT2D eigenvalue weighted by molar-refractivity contribution is 5.75. The number of carbonyl (C=O) groups is 1. The monoisotopic (exact) mass is 294 g/mol. The summed E-state index contributed by atoms with van der Waals surface area (Å²) in [6, 6.07) is 5.79. The highest BCUT2D eigenvalue weighted by Gasteiger charge is 2.14. The number of carbonyl (C=O) groups excluding carboxylic acids is 1. The molecule has 2 N–H and O–H groups in total. The minimum Gasteiger partial charge on any atom is -0.493 e. The molecule has 1 amide bonds. The number of benzene rings is 1. The summed E-state index contributed by atoms with van der Waals surface area (Å²) in [4.78, 5) is 11.3. The van der Waals surface area contributed by atoms with E-state index < -0.39 is 0 Å². The Morgan fingerprint density at radius 2 is 2.00 bits per heavy atom. The van der Waals surface area contributed by atoms with Gasteiger partial charge in [0.15, 0.2) is 11.5 Å². The highest BCUT2D eigenvalue weighted by Crippen LogP contribution is 2.31. The maximum atomic E-state index is 11.3. The molecule has 21 heavy (non-hydrogen) atoms. The average Bonchev–Trinajstić information content (AvgIpc) is 2.44. The summed E-state index contributed by atoms with van der Waals surface area (Å²) in [5.74, 6) is 1.33. The van der Waals surface area contributed by atoms with E-state index in [2.05, 4.69) is 31.4 Å². The van der Waals surface area contributed by atoms with E-state index in [0.717, 1.165) is 5.56 Å². The van der Waals surface area contributed by atoms with Crippen LogP contribution in [0.2, 0.25) is 0 Å². The largest absolute Gasteiger partial charge is 0.493 e. The molecule has 5 heteroatoms. The van der Waals surface area contributed by atoms with Crippen LogP contribution >= 0.6 is 0 Å². The zero-order valence-corrected chi connectivity index (χ0v) is 13.6. The minimum atomic E-state index is -0.0423. The van der Waals surface area contributed by atoms with Crippen molar-refractivity contribution in [2.24, 2.45) is 0 Å². The third kappa shape index (κ3) is 6.04. The zero-order chi connectivity index (χ0) is 15.9. The van der Waals surface area contributed by atoms with Crippen LogP contribution in [0.25, 0.3) is 0 Å². The molecule has 0 fully saturated rings. The van der Waals surface area contributed by atoms with Crippen LogP contribution in [-0.2, 0) is 11.3 Å². The van der Waals surface area contributed by atoms with Crippen molar-refractivity contribution in [3.63, 3.8) is 0 Å². The third-order valence-electron chi connectivity index (χ3n) is 2.94. The molecule has 0 saturated heterocycles. The molecule has 0 aliphatic carbocycles. The second kappa shape index (κ2) is 7.88. The number of nitrogens with one attached hydrogen (secondary N) is 2. The molecule has 1 aromatic rings. The number of methoxy groups -OCH3 is 1. The van der Waals surface area contributed by atoms with Gasteiger partial charge in [-0.05, 0) is 26.8 Å². The third-order valence-corrected chi connectivity index (χ3v) is 2.94. The Hall–Kier alpha value is -1.75. The molecule has 1 rings (SSSR count). The smallest absolute Gasteiger partial charge is 0.223 e. The fraction of sp³-hybridized carbons (Fsp3) is 0.562. The van der Waals surface area contributed by atoms with Crippen molar-refractivity contribution in [2.45, 2.75) is 39.3 Å². The lowest BCUT2D eigenvalue weighted by molar-refractivity contribution is -0.121. The molecule has 118 valence electrons. The Balaban J connectivity index is 2.80. The van der Waals surface area contributed by atoms with Crippen LogP contribution in [0.1, 0.15) is 32.8 Å². The zero-order valence-electron chi connectivity index (χ0n) is 13.6. The van der Waals surface area contributed by atoms with Crippen molar-refractivity contribution in [2.75, 3.05) is 20.8 Å². The Labute approximate surface area is 127 Å². The maximum Gasteiger partial charge on any atom is 0.223 e. The Bertz CT molecular complexity index is 467. The highest BCUT2D eigenvalue weighted by atomic mass is 16.5. The first-order valence-electron chi connectivity index (χ1n) is 7.11. The van der Waals surface area contributed by atoms with Crippen molar-refractivity contribution in [1.82, 2.24) is 10.6 Å². The van der Waals surface area contributed by atoms with Gasteiger partial charge in [0.25, 0.3) is 0 Å². The standard InChI is InChI=1S/C16H26N2O3/c1-16(2,3)18-11-12-7-6-8-13(20-5)15(12)21-10-9-14(19)17-4/h6-8,18H,9-11H2,1-5H3,(H,17,19). The van der Waals surface area contributed by atoms with E-state index in [1.807, 2.05) is 18.2 Å². The lowest BCUT2D eigenvalue weighted by atomic mass is 10.1. The van der Waals surface area contributed by atoms with Crippen LogP contribution in [-0.4, -0.2) is 32.2 Å². The van der Waals surface area contributed by atoms with Crippen molar-refractivity contribution in [3.05, 3.63) is 23.8 Å². The Kier molecular flexibility index (Phi) is 6.49. The summed E-state index contributed by atoms with van der Waals surface area (Å²) in [5.41, 5.74) is 1.03. The maximum absolute atomic E-state index is 11.3. The molecule has 1 aromatic carbocycles. The quantitative estimate of drug-likeness (QED) is 0.808. The van der Waals surface area contributed by atoms with Crippen LogP contribution in [0.4, 0.5) is 0 Å². The molecular weight excluding hydrogens is 268 g/mol. The van der Waals surface area contributed by atoms with E-state index in [1.165, 1.54) is 0 Å². The number of para-hydroxylation sites is 1.